The molecule has 0 unspecified atom stereocenters. The van der Waals surface area contributed by atoms with Gasteiger partial charge < -0.3 is 4.74 Å². The third-order valence-electron chi connectivity index (χ3n) is 4.48. The third-order valence-corrected chi connectivity index (χ3v) is 4.48. The molecule has 1 aliphatic heterocycles. The number of barbiturate groups is 1. The molecule has 1 N–H and O–H groups in total. The average Bonchev–Trinajstić information content (AvgIpc) is 2.66. The number of aryl methyl sites for hydroxylation is 2. The van der Waals surface area contributed by atoms with Gasteiger partial charge in [0.25, 0.3) is 11.8 Å². The molecule has 138 valence electrons. The van der Waals surface area contributed by atoms with E-state index in [1.165, 1.54) is 6.08 Å². The number of imide groups is 2. The van der Waals surface area contributed by atoms with E-state index in [0.717, 1.165) is 22.4 Å². The highest BCUT2D eigenvalue weighted by Gasteiger charge is 2.36. The first-order chi connectivity index (χ1) is 12.9. The molecular formula is C21H20N2O4. The molecule has 2 aromatic carbocycles. The van der Waals surface area contributed by atoms with Crippen LogP contribution in [0.15, 0.2) is 48.0 Å². The molecular weight excluding hydrogens is 344 g/mol. The monoisotopic (exact) mass is 364 g/mol. The Morgan fingerprint density at radius 3 is 2.37 bits per heavy atom. The molecule has 1 saturated heterocycles. The predicted octanol–water partition coefficient (Wildman–Crippen LogP) is 3.23. The van der Waals surface area contributed by atoms with E-state index in [9.17, 15) is 14.4 Å². The van der Waals surface area contributed by atoms with E-state index >= 15 is 0 Å². The Morgan fingerprint density at radius 2 is 1.78 bits per heavy atom. The summed E-state index contributed by atoms with van der Waals surface area (Å²) < 4.78 is 5.17. The van der Waals surface area contributed by atoms with Crippen LogP contribution in [0.25, 0.3) is 6.08 Å². The molecule has 1 aliphatic rings. The molecule has 6 nitrogen and oxygen atoms in total. The van der Waals surface area contributed by atoms with Gasteiger partial charge in [0.05, 0.1) is 12.8 Å². The quantitative estimate of drug-likeness (QED) is 0.668. The second-order valence-electron chi connectivity index (χ2n) is 6.20. The van der Waals surface area contributed by atoms with Gasteiger partial charge in [0.15, 0.2) is 0 Å². The van der Waals surface area contributed by atoms with Gasteiger partial charge in [0, 0.05) is 0 Å². The normalized spacial score (nSPS) is 15.9. The molecule has 0 atom stereocenters. The molecule has 6 heteroatoms. The van der Waals surface area contributed by atoms with Crippen molar-refractivity contribution in [2.45, 2.75) is 20.3 Å². The Morgan fingerprint density at radius 1 is 1.07 bits per heavy atom. The van der Waals surface area contributed by atoms with Crippen LogP contribution in [-0.2, 0) is 16.0 Å². The van der Waals surface area contributed by atoms with E-state index in [2.05, 4.69) is 5.32 Å². The number of carbonyl (C=O) groups excluding carboxylic acids is 3. The maximum atomic E-state index is 12.9. The van der Waals surface area contributed by atoms with Crippen molar-refractivity contribution < 1.29 is 19.1 Å². The largest absolute Gasteiger partial charge is 0.497 e. The van der Waals surface area contributed by atoms with E-state index in [0.29, 0.717) is 17.0 Å². The third kappa shape index (κ3) is 3.60. The Hall–Kier alpha value is -3.41. The maximum absolute atomic E-state index is 12.9. The first-order valence-corrected chi connectivity index (χ1v) is 8.59. The van der Waals surface area contributed by atoms with Gasteiger partial charge in [-0.2, -0.15) is 0 Å². The van der Waals surface area contributed by atoms with Crippen LogP contribution in [0.4, 0.5) is 10.5 Å². The molecule has 27 heavy (non-hydrogen) atoms. The molecule has 2 aromatic rings. The molecule has 0 aromatic heterocycles. The van der Waals surface area contributed by atoms with Crippen molar-refractivity contribution in [1.29, 1.82) is 0 Å². The second kappa shape index (κ2) is 7.45. The number of nitrogens with zero attached hydrogens (tertiary/aromatic N) is 1. The van der Waals surface area contributed by atoms with Crippen LogP contribution in [0.2, 0.25) is 0 Å². The highest BCUT2D eigenvalue weighted by Crippen LogP contribution is 2.24. The van der Waals surface area contributed by atoms with E-state index < -0.39 is 17.8 Å². The lowest BCUT2D eigenvalue weighted by atomic mass is 10.0. The molecule has 0 radical (unpaired) electrons. The Balaban J connectivity index is 1.99. The maximum Gasteiger partial charge on any atom is 0.335 e. The summed E-state index contributed by atoms with van der Waals surface area (Å²) in [6.45, 7) is 3.87. The van der Waals surface area contributed by atoms with Crippen molar-refractivity contribution in [3.8, 4) is 5.75 Å². The minimum atomic E-state index is -0.752. The number of methoxy groups -OCH3 is 1. The summed E-state index contributed by atoms with van der Waals surface area (Å²) in [5, 5.41) is 2.23. The summed E-state index contributed by atoms with van der Waals surface area (Å²) >= 11 is 0. The molecule has 1 heterocycles. The summed E-state index contributed by atoms with van der Waals surface area (Å²) in [7, 11) is 1.57. The van der Waals surface area contributed by atoms with Crippen molar-refractivity contribution in [2.24, 2.45) is 0 Å². The lowest BCUT2D eigenvalue weighted by Crippen LogP contribution is -2.54. The predicted molar refractivity (Wildman–Crippen MR) is 103 cm³/mol. The van der Waals surface area contributed by atoms with E-state index in [-0.39, 0.29) is 5.57 Å². The van der Waals surface area contributed by atoms with Crippen LogP contribution in [0.1, 0.15) is 23.6 Å². The SMILES string of the molecule is CCc1ccc(N2C(=O)NC(=O)/C(=C/c3ccc(OC)cc3C)C2=O)cc1. The van der Waals surface area contributed by atoms with Crippen LogP contribution in [0.3, 0.4) is 0 Å². The number of anilines is 1. The van der Waals surface area contributed by atoms with Gasteiger partial charge in [-0.3, -0.25) is 14.9 Å². The summed E-state index contributed by atoms with van der Waals surface area (Å²) in [6, 6.07) is 11.7. The number of rotatable bonds is 4. The molecule has 0 saturated carbocycles. The minimum absolute atomic E-state index is 0.0950. The van der Waals surface area contributed by atoms with Gasteiger partial charge in [0.2, 0.25) is 0 Å². The van der Waals surface area contributed by atoms with E-state index in [1.54, 1.807) is 31.4 Å². The summed E-state index contributed by atoms with van der Waals surface area (Å²) in [5.74, 6) is -0.674. The Bertz CT molecular complexity index is 945. The number of hydrogen-bond donors (Lipinski definition) is 1. The lowest BCUT2D eigenvalue weighted by Gasteiger charge is -2.26. The standard InChI is InChI=1S/C21H20N2O4/c1-4-14-5-8-16(9-6-14)23-20(25)18(19(24)22-21(23)26)12-15-7-10-17(27-3)11-13(15)2/h5-12H,4H2,1-3H3,(H,22,24,26)/b18-12-. The van der Waals surface area contributed by atoms with Gasteiger partial charge in [-0.1, -0.05) is 25.1 Å². The van der Waals surface area contributed by atoms with Crippen molar-refractivity contribution >= 4 is 29.6 Å². The summed E-state index contributed by atoms with van der Waals surface area (Å²) in [5.41, 5.74) is 2.95. The Kier molecular flexibility index (Phi) is 5.07. The van der Waals surface area contributed by atoms with Gasteiger partial charge in [-0.15, -0.1) is 0 Å². The molecule has 4 amide bonds. The van der Waals surface area contributed by atoms with Gasteiger partial charge in [-0.25, -0.2) is 9.69 Å². The molecule has 3 rings (SSSR count). The number of carbonyl (C=O) groups is 3. The number of ether oxygens (including phenoxy) is 1. The molecule has 0 aliphatic carbocycles. The van der Waals surface area contributed by atoms with Crippen LogP contribution >= 0.6 is 0 Å². The van der Waals surface area contributed by atoms with Gasteiger partial charge >= 0.3 is 6.03 Å². The average molecular weight is 364 g/mol. The van der Waals surface area contributed by atoms with Crippen LogP contribution in [-0.4, -0.2) is 25.0 Å². The second-order valence-corrected chi connectivity index (χ2v) is 6.20. The molecule has 1 fully saturated rings. The molecule has 0 bridgehead atoms. The summed E-state index contributed by atoms with van der Waals surface area (Å²) in [6.07, 6.45) is 2.34. The number of benzene rings is 2. The fraction of sp³-hybridized carbons (Fsp3) is 0.190. The molecule has 0 spiro atoms. The van der Waals surface area contributed by atoms with Crippen molar-refractivity contribution in [3.05, 3.63) is 64.7 Å². The first kappa shape index (κ1) is 18.4. The zero-order valence-electron chi connectivity index (χ0n) is 15.4. The zero-order valence-corrected chi connectivity index (χ0v) is 15.4. The highest BCUT2D eigenvalue weighted by atomic mass is 16.5. The highest BCUT2D eigenvalue weighted by molar-refractivity contribution is 6.39. The van der Waals surface area contributed by atoms with Gasteiger partial charge in [0.1, 0.15) is 11.3 Å². The number of urea groups is 1. The van der Waals surface area contributed by atoms with E-state index in [4.69, 9.17) is 4.74 Å². The topological polar surface area (TPSA) is 75.7 Å². The van der Waals surface area contributed by atoms with Crippen LogP contribution in [0, 0.1) is 6.92 Å². The van der Waals surface area contributed by atoms with E-state index in [1.807, 2.05) is 32.0 Å². The van der Waals surface area contributed by atoms with Crippen molar-refractivity contribution in [1.82, 2.24) is 5.32 Å². The lowest BCUT2D eigenvalue weighted by molar-refractivity contribution is -0.122. The fourth-order valence-corrected chi connectivity index (χ4v) is 2.87. The van der Waals surface area contributed by atoms with Gasteiger partial charge in [-0.05, 0) is 60.4 Å². The zero-order chi connectivity index (χ0) is 19.6. The first-order valence-electron chi connectivity index (χ1n) is 8.59. The number of nitrogens with one attached hydrogen (secondary N) is 1. The number of hydrogen-bond acceptors (Lipinski definition) is 4. The van der Waals surface area contributed by atoms with Crippen molar-refractivity contribution in [2.75, 3.05) is 12.0 Å². The number of amides is 4. The Labute approximate surface area is 157 Å². The summed E-state index contributed by atoms with van der Waals surface area (Å²) in [4.78, 5) is 38.4. The minimum Gasteiger partial charge on any atom is -0.497 e. The van der Waals surface area contributed by atoms with Crippen molar-refractivity contribution in [3.63, 3.8) is 0 Å². The van der Waals surface area contributed by atoms with Crippen LogP contribution in [0.5, 0.6) is 5.75 Å². The smallest absolute Gasteiger partial charge is 0.335 e. The van der Waals surface area contributed by atoms with Crippen LogP contribution < -0.4 is 15.0 Å². The fourth-order valence-electron chi connectivity index (χ4n) is 2.87.